The smallest absolute Gasteiger partial charge is 0.212 e. The van der Waals surface area contributed by atoms with Gasteiger partial charge in [0, 0.05) is 22.6 Å². The zero-order valence-corrected chi connectivity index (χ0v) is 11.7. The quantitative estimate of drug-likeness (QED) is 0.777. The molecule has 3 rings (SSSR count). The fraction of sp³-hybridized carbons (Fsp3) is 0. The molecule has 0 amide bonds. The van der Waals surface area contributed by atoms with Crippen LogP contribution >= 0.6 is 15.9 Å². The first-order valence-corrected chi connectivity index (χ1v) is 6.74. The molecule has 4 heteroatoms. The number of rotatable bonds is 3. The van der Waals surface area contributed by atoms with Gasteiger partial charge in [-0.2, -0.15) is 0 Å². The predicted octanol–water partition coefficient (Wildman–Crippen LogP) is 4.38. The predicted molar refractivity (Wildman–Crippen MR) is 81.0 cm³/mol. The van der Waals surface area contributed by atoms with E-state index >= 15 is 0 Å². The van der Waals surface area contributed by atoms with Crippen molar-refractivity contribution >= 4 is 27.6 Å². The van der Waals surface area contributed by atoms with Crippen LogP contribution in [0, 0.1) is 0 Å². The maximum atomic E-state index is 4.36. The van der Waals surface area contributed by atoms with E-state index < -0.39 is 0 Å². The Kier molecular flexibility index (Phi) is 3.33. The molecule has 0 unspecified atom stereocenters. The number of hydrogen-bond acceptors (Lipinski definition) is 2. The Labute approximate surface area is 120 Å². The van der Waals surface area contributed by atoms with Crippen LogP contribution in [0.1, 0.15) is 0 Å². The summed E-state index contributed by atoms with van der Waals surface area (Å²) < 4.78 is 3.03. The van der Waals surface area contributed by atoms with E-state index in [1.807, 2.05) is 65.4 Å². The van der Waals surface area contributed by atoms with Crippen molar-refractivity contribution < 1.29 is 0 Å². The summed E-state index contributed by atoms with van der Waals surface area (Å²) in [7, 11) is 0. The van der Waals surface area contributed by atoms with Crippen LogP contribution < -0.4 is 5.32 Å². The van der Waals surface area contributed by atoms with Crippen LogP contribution in [-0.4, -0.2) is 9.55 Å². The maximum absolute atomic E-state index is 4.36. The van der Waals surface area contributed by atoms with Crippen molar-refractivity contribution in [3.05, 3.63) is 71.5 Å². The summed E-state index contributed by atoms with van der Waals surface area (Å²) in [6.45, 7) is 0. The van der Waals surface area contributed by atoms with E-state index in [0.717, 1.165) is 21.8 Å². The molecule has 1 heterocycles. The van der Waals surface area contributed by atoms with Gasteiger partial charge in [-0.1, -0.05) is 30.3 Å². The van der Waals surface area contributed by atoms with E-state index in [1.54, 1.807) is 6.20 Å². The molecule has 0 aliphatic heterocycles. The van der Waals surface area contributed by atoms with Gasteiger partial charge < -0.3 is 5.32 Å². The van der Waals surface area contributed by atoms with Crippen molar-refractivity contribution in [1.29, 1.82) is 0 Å². The molecule has 0 aliphatic rings. The number of anilines is 2. The second kappa shape index (κ2) is 5.28. The molecule has 0 radical (unpaired) electrons. The van der Waals surface area contributed by atoms with Gasteiger partial charge in [0.1, 0.15) is 0 Å². The molecule has 19 heavy (non-hydrogen) atoms. The van der Waals surface area contributed by atoms with Crippen LogP contribution in [0.15, 0.2) is 71.5 Å². The van der Waals surface area contributed by atoms with Crippen LogP contribution in [0.5, 0.6) is 0 Å². The molecule has 0 saturated carbocycles. The van der Waals surface area contributed by atoms with Gasteiger partial charge in [-0.25, -0.2) is 4.98 Å². The lowest BCUT2D eigenvalue weighted by atomic mass is 10.3. The molecule has 0 atom stereocenters. The summed E-state index contributed by atoms with van der Waals surface area (Å²) in [5.74, 6) is 0.790. The topological polar surface area (TPSA) is 29.9 Å². The number of para-hydroxylation sites is 2. The molecule has 0 saturated heterocycles. The fourth-order valence-corrected chi connectivity index (χ4v) is 2.26. The Bertz CT molecular complexity index is 677. The fourth-order valence-electron chi connectivity index (χ4n) is 1.88. The second-order valence-corrected chi connectivity index (χ2v) is 4.92. The number of nitrogens with one attached hydrogen (secondary N) is 1. The third-order valence-electron chi connectivity index (χ3n) is 2.80. The lowest BCUT2D eigenvalue weighted by molar-refractivity contribution is 1.06. The first kappa shape index (κ1) is 12.0. The standard InChI is InChI=1S/C15H12BrN3/c16-13-8-4-5-9-14(13)18-15-17-10-11-19(15)12-6-2-1-3-7-12/h1-11H,(H,17,18). The Morgan fingerprint density at radius 3 is 2.47 bits per heavy atom. The van der Waals surface area contributed by atoms with Crippen molar-refractivity contribution in [2.45, 2.75) is 0 Å². The Hall–Kier alpha value is -2.07. The number of aromatic nitrogens is 2. The lowest BCUT2D eigenvalue weighted by Gasteiger charge is -2.10. The average molecular weight is 314 g/mol. The monoisotopic (exact) mass is 313 g/mol. The van der Waals surface area contributed by atoms with Crippen LogP contribution in [-0.2, 0) is 0 Å². The van der Waals surface area contributed by atoms with Gasteiger partial charge in [-0.3, -0.25) is 4.57 Å². The van der Waals surface area contributed by atoms with E-state index in [9.17, 15) is 0 Å². The number of hydrogen-bond donors (Lipinski definition) is 1. The van der Waals surface area contributed by atoms with Crippen molar-refractivity contribution in [1.82, 2.24) is 9.55 Å². The molecule has 1 N–H and O–H groups in total. The molecule has 2 aromatic carbocycles. The van der Waals surface area contributed by atoms with Crippen molar-refractivity contribution in [3.8, 4) is 5.69 Å². The van der Waals surface area contributed by atoms with Crippen LogP contribution in [0.4, 0.5) is 11.6 Å². The van der Waals surface area contributed by atoms with Gasteiger partial charge >= 0.3 is 0 Å². The summed E-state index contributed by atoms with van der Waals surface area (Å²) in [5.41, 5.74) is 2.07. The molecular formula is C15H12BrN3. The van der Waals surface area contributed by atoms with Gasteiger partial charge in [0.15, 0.2) is 0 Å². The van der Waals surface area contributed by atoms with Gasteiger partial charge in [0.25, 0.3) is 0 Å². The SMILES string of the molecule is Brc1ccccc1Nc1nccn1-c1ccccc1. The van der Waals surface area contributed by atoms with Crippen LogP contribution in [0.3, 0.4) is 0 Å². The van der Waals surface area contributed by atoms with Gasteiger partial charge in [-0.15, -0.1) is 0 Å². The summed E-state index contributed by atoms with van der Waals surface area (Å²) in [6, 6.07) is 18.1. The largest absolute Gasteiger partial charge is 0.324 e. The molecular weight excluding hydrogens is 302 g/mol. The summed E-state index contributed by atoms with van der Waals surface area (Å²) >= 11 is 3.52. The highest BCUT2D eigenvalue weighted by atomic mass is 79.9. The zero-order chi connectivity index (χ0) is 13.1. The van der Waals surface area contributed by atoms with Crippen molar-refractivity contribution in [3.63, 3.8) is 0 Å². The van der Waals surface area contributed by atoms with Crippen LogP contribution in [0.2, 0.25) is 0 Å². The molecule has 94 valence electrons. The molecule has 0 spiro atoms. The maximum Gasteiger partial charge on any atom is 0.212 e. The lowest BCUT2D eigenvalue weighted by Crippen LogP contribution is -2.01. The molecule has 0 fully saturated rings. The highest BCUT2D eigenvalue weighted by Crippen LogP contribution is 2.25. The van der Waals surface area contributed by atoms with Crippen molar-refractivity contribution in [2.75, 3.05) is 5.32 Å². The van der Waals surface area contributed by atoms with Gasteiger partial charge in [-0.05, 0) is 40.2 Å². The third-order valence-corrected chi connectivity index (χ3v) is 3.49. The summed E-state index contributed by atoms with van der Waals surface area (Å²) in [4.78, 5) is 4.36. The summed E-state index contributed by atoms with van der Waals surface area (Å²) in [6.07, 6.45) is 3.72. The average Bonchev–Trinajstić information content (AvgIpc) is 2.91. The highest BCUT2D eigenvalue weighted by molar-refractivity contribution is 9.10. The Morgan fingerprint density at radius 1 is 0.947 bits per heavy atom. The summed E-state index contributed by atoms with van der Waals surface area (Å²) in [5, 5.41) is 3.32. The Balaban J connectivity index is 1.96. The van der Waals surface area contributed by atoms with Gasteiger partial charge in [0.05, 0.1) is 5.69 Å². The first-order chi connectivity index (χ1) is 9.34. The molecule has 1 aromatic heterocycles. The Morgan fingerprint density at radius 2 is 1.68 bits per heavy atom. The van der Waals surface area contributed by atoms with E-state index in [2.05, 4.69) is 26.2 Å². The minimum Gasteiger partial charge on any atom is -0.324 e. The van der Waals surface area contributed by atoms with E-state index in [0.29, 0.717) is 0 Å². The van der Waals surface area contributed by atoms with Crippen LogP contribution in [0.25, 0.3) is 5.69 Å². The molecule has 3 aromatic rings. The number of benzene rings is 2. The van der Waals surface area contributed by atoms with Crippen molar-refractivity contribution in [2.24, 2.45) is 0 Å². The van der Waals surface area contributed by atoms with E-state index in [4.69, 9.17) is 0 Å². The minimum atomic E-state index is 0.790. The van der Waals surface area contributed by atoms with Gasteiger partial charge in [0.2, 0.25) is 5.95 Å². The first-order valence-electron chi connectivity index (χ1n) is 5.95. The second-order valence-electron chi connectivity index (χ2n) is 4.06. The highest BCUT2D eigenvalue weighted by Gasteiger charge is 2.06. The molecule has 0 aliphatic carbocycles. The number of imidazole rings is 1. The molecule has 0 bridgehead atoms. The number of halogens is 1. The van der Waals surface area contributed by atoms with E-state index in [1.165, 1.54) is 0 Å². The number of nitrogens with zero attached hydrogens (tertiary/aromatic N) is 2. The normalized spacial score (nSPS) is 10.4. The molecule has 3 nitrogen and oxygen atoms in total. The minimum absolute atomic E-state index is 0.790. The third kappa shape index (κ3) is 2.53. The van der Waals surface area contributed by atoms with E-state index in [-0.39, 0.29) is 0 Å². The zero-order valence-electron chi connectivity index (χ0n) is 10.1.